The molecule has 19 heavy (non-hydrogen) atoms. The Labute approximate surface area is 116 Å². The highest BCUT2D eigenvalue weighted by atomic mass is 32.1. The molecule has 0 bridgehead atoms. The summed E-state index contributed by atoms with van der Waals surface area (Å²) in [6, 6.07) is 4.44. The zero-order valence-electron chi connectivity index (χ0n) is 11.0. The van der Waals surface area contributed by atoms with Crippen LogP contribution in [0.4, 0.5) is 11.9 Å². The maximum atomic E-state index is 5.65. The molecule has 0 saturated heterocycles. The molecule has 0 aromatic carbocycles. The lowest BCUT2D eigenvalue weighted by Crippen LogP contribution is -2.12. The molecule has 1 atom stereocenters. The van der Waals surface area contributed by atoms with Gasteiger partial charge in [0.05, 0.1) is 12.6 Å². The molecule has 2 aromatic rings. The first-order chi connectivity index (χ1) is 9.19. The first-order valence-corrected chi connectivity index (χ1v) is 7.01. The Morgan fingerprint density at radius 2 is 2.26 bits per heavy atom. The van der Waals surface area contributed by atoms with Gasteiger partial charge in [-0.3, -0.25) is 0 Å². The normalized spacial score (nSPS) is 12.1. The van der Waals surface area contributed by atoms with E-state index >= 15 is 0 Å². The van der Waals surface area contributed by atoms with Crippen LogP contribution in [0, 0.1) is 0 Å². The minimum atomic E-state index is 0.112. The highest BCUT2D eigenvalue weighted by Gasteiger charge is 2.10. The van der Waals surface area contributed by atoms with Crippen LogP contribution in [-0.2, 0) is 0 Å². The van der Waals surface area contributed by atoms with E-state index in [1.54, 1.807) is 11.3 Å². The third kappa shape index (κ3) is 3.78. The molecule has 1 unspecified atom stereocenters. The molecular formula is C12H17N5OS. The number of nitrogens with zero attached hydrogens (tertiary/aromatic N) is 3. The van der Waals surface area contributed by atoms with E-state index in [1.165, 1.54) is 4.88 Å². The van der Waals surface area contributed by atoms with Crippen molar-refractivity contribution >= 4 is 23.2 Å². The van der Waals surface area contributed by atoms with Crippen molar-refractivity contribution in [2.24, 2.45) is 0 Å². The zero-order chi connectivity index (χ0) is 13.7. The predicted octanol–water partition coefficient (Wildman–Crippen LogP) is 2.48. The Morgan fingerprint density at radius 1 is 1.42 bits per heavy atom. The summed E-state index contributed by atoms with van der Waals surface area (Å²) in [6.45, 7) is 4.62. The van der Waals surface area contributed by atoms with Gasteiger partial charge in [0.15, 0.2) is 0 Å². The van der Waals surface area contributed by atoms with E-state index in [2.05, 4.69) is 26.3 Å². The molecule has 2 rings (SSSR count). The largest absolute Gasteiger partial charge is 0.463 e. The Hall–Kier alpha value is -1.89. The van der Waals surface area contributed by atoms with Crippen LogP contribution in [0.1, 0.15) is 31.2 Å². The SMILES string of the molecule is CCCOc1nc(N)nc(NC(C)c2cccs2)n1. The molecular weight excluding hydrogens is 262 g/mol. The van der Waals surface area contributed by atoms with Gasteiger partial charge in [0, 0.05) is 4.88 Å². The van der Waals surface area contributed by atoms with Gasteiger partial charge in [0.25, 0.3) is 0 Å². The summed E-state index contributed by atoms with van der Waals surface area (Å²) < 4.78 is 5.37. The van der Waals surface area contributed by atoms with Gasteiger partial charge >= 0.3 is 6.01 Å². The van der Waals surface area contributed by atoms with Gasteiger partial charge in [-0.05, 0) is 24.8 Å². The molecule has 2 aromatic heterocycles. The van der Waals surface area contributed by atoms with Gasteiger partial charge < -0.3 is 15.8 Å². The molecule has 0 fully saturated rings. The van der Waals surface area contributed by atoms with Crippen LogP contribution in [0.2, 0.25) is 0 Å². The Morgan fingerprint density at radius 3 is 2.95 bits per heavy atom. The van der Waals surface area contributed by atoms with Crippen molar-refractivity contribution in [3.8, 4) is 6.01 Å². The molecule has 7 heteroatoms. The Bertz CT molecular complexity index is 517. The molecule has 6 nitrogen and oxygen atoms in total. The van der Waals surface area contributed by atoms with E-state index < -0.39 is 0 Å². The topological polar surface area (TPSA) is 86.0 Å². The van der Waals surface area contributed by atoms with Crippen molar-refractivity contribution in [3.05, 3.63) is 22.4 Å². The van der Waals surface area contributed by atoms with Crippen LogP contribution in [0.25, 0.3) is 0 Å². The quantitative estimate of drug-likeness (QED) is 0.845. The molecule has 0 aliphatic carbocycles. The highest BCUT2D eigenvalue weighted by Crippen LogP contribution is 2.22. The molecule has 0 spiro atoms. The van der Waals surface area contributed by atoms with Gasteiger partial charge in [-0.1, -0.05) is 13.0 Å². The number of rotatable bonds is 6. The average Bonchev–Trinajstić information content (AvgIpc) is 2.89. The number of thiophene rings is 1. The Kier molecular flexibility index (Phi) is 4.51. The van der Waals surface area contributed by atoms with Gasteiger partial charge in [-0.15, -0.1) is 11.3 Å². The van der Waals surface area contributed by atoms with Crippen LogP contribution in [0.3, 0.4) is 0 Å². The maximum absolute atomic E-state index is 5.65. The monoisotopic (exact) mass is 279 g/mol. The molecule has 0 aliphatic rings. The number of ether oxygens (including phenoxy) is 1. The van der Waals surface area contributed by atoms with Crippen molar-refractivity contribution in [2.75, 3.05) is 17.7 Å². The summed E-state index contributed by atoms with van der Waals surface area (Å²) in [4.78, 5) is 13.4. The van der Waals surface area contributed by atoms with Crippen LogP contribution in [-0.4, -0.2) is 21.6 Å². The summed E-state index contributed by atoms with van der Waals surface area (Å²) in [6.07, 6.45) is 0.889. The maximum Gasteiger partial charge on any atom is 0.323 e. The minimum absolute atomic E-state index is 0.112. The van der Waals surface area contributed by atoms with Crippen molar-refractivity contribution in [1.82, 2.24) is 15.0 Å². The standard InChI is InChI=1S/C12H17N5OS/c1-3-6-18-12-16-10(13)15-11(17-12)14-8(2)9-5-4-7-19-9/h4-5,7-8H,3,6H2,1-2H3,(H3,13,14,15,16,17). The van der Waals surface area contributed by atoms with E-state index in [1.807, 2.05) is 25.3 Å². The third-order valence-corrected chi connectivity index (χ3v) is 3.44. The molecule has 0 aliphatic heterocycles. The van der Waals surface area contributed by atoms with Gasteiger partial charge in [0.1, 0.15) is 0 Å². The third-order valence-electron chi connectivity index (χ3n) is 2.38. The molecule has 2 heterocycles. The molecule has 0 radical (unpaired) electrons. The second-order valence-corrected chi connectivity index (χ2v) is 5.01. The van der Waals surface area contributed by atoms with Crippen molar-refractivity contribution < 1.29 is 4.74 Å². The fourth-order valence-corrected chi connectivity index (χ4v) is 2.23. The second kappa shape index (κ2) is 6.33. The summed E-state index contributed by atoms with van der Waals surface area (Å²) in [5.41, 5.74) is 5.65. The molecule has 102 valence electrons. The first-order valence-electron chi connectivity index (χ1n) is 6.13. The number of anilines is 2. The van der Waals surface area contributed by atoms with Gasteiger partial charge in [-0.2, -0.15) is 15.0 Å². The van der Waals surface area contributed by atoms with E-state index in [0.717, 1.165) is 6.42 Å². The number of hydrogen-bond donors (Lipinski definition) is 2. The van der Waals surface area contributed by atoms with E-state index in [4.69, 9.17) is 10.5 Å². The number of nitrogens with two attached hydrogens (primary N) is 1. The molecule has 0 saturated carbocycles. The van der Waals surface area contributed by atoms with Crippen molar-refractivity contribution in [3.63, 3.8) is 0 Å². The number of hydrogen-bond acceptors (Lipinski definition) is 7. The summed E-state index contributed by atoms with van der Waals surface area (Å²) in [7, 11) is 0. The lowest BCUT2D eigenvalue weighted by molar-refractivity contribution is 0.292. The van der Waals surface area contributed by atoms with Crippen molar-refractivity contribution in [2.45, 2.75) is 26.3 Å². The van der Waals surface area contributed by atoms with Crippen molar-refractivity contribution in [1.29, 1.82) is 0 Å². The summed E-state index contributed by atoms with van der Waals surface area (Å²) >= 11 is 1.68. The summed E-state index contributed by atoms with van der Waals surface area (Å²) in [5.74, 6) is 0.585. The smallest absolute Gasteiger partial charge is 0.323 e. The Balaban J connectivity index is 2.09. The fraction of sp³-hybridized carbons (Fsp3) is 0.417. The molecule has 3 N–H and O–H groups in total. The number of nitrogen functional groups attached to an aromatic ring is 1. The van der Waals surface area contributed by atoms with Crippen LogP contribution < -0.4 is 15.8 Å². The summed E-state index contributed by atoms with van der Waals surface area (Å²) in [5, 5.41) is 5.22. The van der Waals surface area contributed by atoms with Crippen LogP contribution in [0.5, 0.6) is 6.01 Å². The predicted molar refractivity (Wildman–Crippen MR) is 76.4 cm³/mol. The highest BCUT2D eigenvalue weighted by molar-refractivity contribution is 7.10. The van der Waals surface area contributed by atoms with Crippen LogP contribution >= 0.6 is 11.3 Å². The van der Waals surface area contributed by atoms with E-state index in [-0.39, 0.29) is 18.0 Å². The van der Waals surface area contributed by atoms with Crippen LogP contribution in [0.15, 0.2) is 17.5 Å². The minimum Gasteiger partial charge on any atom is -0.463 e. The average molecular weight is 279 g/mol. The first kappa shape index (κ1) is 13.5. The zero-order valence-corrected chi connectivity index (χ0v) is 11.8. The van der Waals surface area contributed by atoms with E-state index in [0.29, 0.717) is 12.6 Å². The van der Waals surface area contributed by atoms with Gasteiger partial charge in [0.2, 0.25) is 11.9 Å². The van der Waals surface area contributed by atoms with Gasteiger partial charge in [-0.25, -0.2) is 0 Å². The lowest BCUT2D eigenvalue weighted by atomic mass is 10.3. The van der Waals surface area contributed by atoms with E-state index in [9.17, 15) is 0 Å². The fourth-order valence-electron chi connectivity index (χ4n) is 1.50. The second-order valence-electron chi connectivity index (χ2n) is 4.03. The number of aromatic nitrogens is 3. The lowest BCUT2D eigenvalue weighted by Gasteiger charge is -2.12. The molecule has 0 amide bonds. The number of nitrogens with one attached hydrogen (secondary N) is 1.